The van der Waals surface area contributed by atoms with Crippen LogP contribution in [0.5, 0.6) is 11.5 Å². The first kappa shape index (κ1) is 19.5. The zero-order chi connectivity index (χ0) is 20.6. The summed E-state index contributed by atoms with van der Waals surface area (Å²) in [7, 11) is -4.04. The number of primary sulfonamides is 1. The summed E-state index contributed by atoms with van der Waals surface area (Å²) in [5, 5.41) is 5.18. The normalized spacial score (nSPS) is 11.4. The quantitative estimate of drug-likeness (QED) is 0.601. The third-order valence-electron chi connectivity index (χ3n) is 3.96. The highest BCUT2D eigenvalue weighted by Gasteiger charge is 2.19. The lowest BCUT2D eigenvalue weighted by Crippen LogP contribution is -2.12. The summed E-state index contributed by atoms with van der Waals surface area (Å²) >= 11 is 0. The van der Waals surface area contributed by atoms with E-state index in [9.17, 15) is 22.0 Å². The number of amides is 1. The summed E-state index contributed by atoms with van der Waals surface area (Å²) in [5.74, 6) is -2.63. The molecular formula is C18H15F2N3O4S. The summed E-state index contributed by atoms with van der Waals surface area (Å²) in [6.07, 6.45) is 0. The molecule has 0 unspecified atom stereocenters. The monoisotopic (exact) mass is 407 g/mol. The van der Waals surface area contributed by atoms with Gasteiger partial charge >= 0.3 is 0 Å². The van der Waals surface area contributed by atoms with Crippen molar-refractivity contribution >= 4 is 15.9 Å². The first-order valence-electron chi connectivity index (χ1n) is 7.86. The molecule has 0 radical (unpaired) electrons. The van der Waals surface area contributed by atoms with Crippen LogP contribution in [-0.2, 0) is 10.0 Å². The van der Waals surface area contributed by atoms with Crippen LogP contribution in [0.4, 0.5) is 8.78 Å². The maximum absolute atomic E-state index is 14.0. The van der Waals surface area contributed by atoms with E-state index in [1.807, 2.05) is 0 Å². The summed E-state index contributed by atoms with van der Waals surface area (Å²) in [6, 6.07) is 7.84. The molecule has 3 aromatic rings. The van der Waals surface area contributed by atoms with Crippen molar-refractivity contribution in [3.05, 3.63) is 65.4 Å². The standard InChI is InChI=1S/C18H15F2N3O4S/c1-9-12(18(21)24)8-15(23-9)13-7-11(28(22,25)26)3-5-16(13)27-17-4-2-10(19)6-14(17)20/h2-8,23H,1H3,(H2,21,24)(H2,22,25,26). The van der Waals surface area contributed by atoms with Gasteiger partial charge in [-0.05, 0) is 43.3 Å². The van der Waals surface area contributed by atoms with Gasteiger partial charge in [0.05, 0.1) is 16.2 Å². The van der Waals surface area contributed by atoms with Crippen LogP contribution in [0.1, 0.15) is 16.1 Å². The zero-order valence-corrected chi connectivity index (χ0v) is 15.3. The first-order valence-corrected chi connectivity index (χ1v) is 9.40. The Morgan fingerprint density at radius 3 is 2.32 bits per heavy atom. The van der Waals surface area contributed by atoms with E-state index in [2.05, 4.69) is 4.98 Å². The van der Waals surface area contributed by atoms with E-state index < -0.39 is 27.6 Å². The van der Waals surface area contributed by atoms with E-state index in [1.54, 1.807) is 6.92 Å². The number of nitrogens with one attached hydrogen (secondary N) is 1. The second-order valence-electron chi connectivity index (χ2n) is 5.97. The topological polar surface area (TPSA) is 128 Å². The van der Waals surface area contributed by atoms with Crippen molar-refractivity contribution in [2.45, 2.75) is 11.8 Å². The number of H-pyrrole nitrogens is 1. The predicted molar refractivity (Wildman–Crippen MR) is 97.3 cm³/mol. The molecule has 28 heavy (non-hydrogen) atoms. The number of hydrogen-bond acceptors (Lipinski definition) is 4. The molecule has 0 spiro atoms. The molecule has 5 N–H and O–H groups in total. The molecule has 0 aliphatic carbocycles. The van der Waals surface area contributed by atoms with Gasteiger partial charge in [-0.25, -0.2) is 22.3 Å². The lowest BCUT2D eigenvalue weighted by atomic mass is 10.1. The molecule has 2 aromatic carbocycles. The number of carbonyl (C=O) groups is 1. The maximum atomic E-state index is 14.0. The Bertz CT molecular complexity index is 1190. The van der Waals surface area contributed by atoms with Gasteiger partial charge < -0.3 is 15.5 Å². The Labute approximate surface area is 159 Å². The lowest BCUT2D eigenvalue weighted by Gasteiger charge is -2.12. The fourth-order valence-corrected chi connectivity index (χ4v) is 3.16. The van der Waals surface area contributed by atoms with Gasteiger partial charge in [0, 0.05) is 17.3 Å². The van der Waals surface area contributed by atoms with Crippen molar-refractivity contribution < 1.29 is 26.7 Å². The zero-order valence-electron chi connectivity index (χ0n) is 14.5. The molecule has 1 aromatic heterocycles. The number of sulfonamides is 1. The Balaban J connectivity index is 2.17. The van der Waals surface area contributed by atoms with E-state index in [0.717, 1.165) is 12.1 Å². The Morgan fingerprint density at radius 2 is 1.75 bits per heavy atom. The summed E-state index contributed by atoms with van der Waals surface area (Å²) in [6.45, 7) is 1.60. The smallest absolute Gasteiger partial charge is 0.250 e. The molecule has 0 saturated carbocycles. The minimum absolute atomic E-state index is 0.0511. The fraction of sp³-hybridized carbons (Fsp3) is 0.0556. The molecule has 0 aliphatic heterocycles. The molecule has 7 nitrogen and oxygen atoms in total. The number of aromatic nitrogens is 1. The Morgan fingerprint density at radius 1 is 1.07 bits per heavy atom. The predicted octanol–water partition coefficient (Wildman–Crippen LogP) is 2.81. The van der Waals surface area contributed by atoms with Crippen LogP contribution in [0.25, 0.3) is 11.3 Å². The molecule has 0 bridgehead atoms. The largest absolute Gasteiger partial charge is 0.454 e. The van der Waals surface area contributed by atoms with Crippen molar-refractivity contribution in [3.8, 4) is 22.8 Å². The number of aromatic amines is 1. The summed E-state index contributed by atoms with van der Waals surface area (Å²) < 4.78 is 56.0. The van der Waals surface area contributed by atoms with Crippen LogP contribution in [-0.4, -0.2) is 19.3 Å². The Hall–Kier alpha value is -3.24. The number of nitrogens with two attached hydrogens (primary N) is 2. The van der Waals surface area contributed by atoms with Crippen LogP contribution in [0.2, 0.25) is 0 Å². The number of ether oxygens (including phenoxy) is 1. The van der Waals surface area contributed by atoms with Crippen LogP contribution < -0.4 is 15.6 Å². The van der Waals surface area contributed by atoms with Crippen molar-refractivity contribution in [3.63, 3.8) is 0 Å². The van der Waals surface area contributed by atoms with Crippen LogP contribution >= 0.6 is 0 Å². The van der Waals surface area contributed by atoms with Crippen LogP contribution in [0.15, 0.2) is 47.4 Å². The molecule has 0 saturated heterocycles. The average molecular weight is 407 g/mol. The molecule has 0 atom stereocenters. The fourth-order valence-electron chi connectivity index (χ4n) is 2.62. The van der Waals surface area contributed by atoms with Gasteiger partial charge in [-0.2, -0.15) is 0 Å². The third-order valence-corrected chi connectivity index (χ3v) is 4.87. The number of benzene rings is 2. The van der Waals surface area contributed by atoms with Gasteiger partial charge in [-0.15, -0.1) is 0 Å². The maximum Gasteiger partial charge on any atom is 0.250 e. The highest BCUT2D eigenvalue weighted by molar-refractivity contribution is 7.89. The molecule has 3 rings (SSSR count). The van der Waals surface area contributed by atoms with E-state index in [-0.39, 0.29) is 27.5 Å². The van der Waals surface area contributed by atoms with Gasteiger partial charge in [-0.1, -0.05) is 0 Å². The van der Waals surface area contributed by atoms with E-state index in [1.165, 1.54) is 24.3 Å². The molecule has 1 amide bonds. The number of hydrogen-bond donors (Lipinski definition) is 3. The van der Waals surface area contributed by atoms with Crippen molar-refractivity contribution in [2.75, 3.05) is 0 Å². The molecule has 0 fully saturated rings. The van der Waals surface area contributed by atoms with Gasteiger partial charge in [0.2, 0.25) is 10.0 Å². The van der Waals surface area contributed by atoms with Gasteiger partial charge in [0.1, 0.15) is 11.6 Å². The number of halogens is 2. The number of rotatable bonds is 5. The third kappa shape index (κ3) is 3.87. The molecular weight excluding hydrogens is 392 g/mol. The van der Waals surface area contributed by atoms with Gasteiger partial charge in [-0.3, -0.25) is 4.79 Å². The SMILES string of the molecule is Cc1[nH]c(-c2cc(S(N)(=O)=O)ccc2Oc2ccc(F)cc2F)cc1C(N)=O. The summed E-state index contributed by atoms with van der Waals surface area (Å²) in [4.78, 5) is 14.2. The van der Waals surface area contributed by atoms with Crippen LogP contribution in [0.3, 0.4) is 0 Å². The van der Waals surface area contributed by atoms with E-state index in [4.69, 9.17) is 15.6 Å². The molecule has 1 heterocycles. The van der Waals surface area contributed by atoms with Crippen molar-refractivity contribution in [1.29, 1.82) is 0 Å². The number of carbonyl (C=O) groups excluding carboxylic acids is 1. The number of aryl methyl sites for hydroxylation is 1. The van der Waals surface area contributed by atoms with Crippen molar-refractivity contribution in [2.24, 2.45) is 10.9 Å². The minimum atomic E-state index is -4.04. The molecule has 0 aliphatic rings. The van der Waals surface area contributed by atoms with Gasteiger partial charge in [0.25, 0.3) is 5.91 Å². The van der Waals surface area contributed by atoms with Crippen LogP contribution in [0, 0.1) is 18.6 Å². The Kier molecular flexibility index (Phi) is 4.92. The van der Waals surface area contributed by atoms with E-state index >= 15 is 0 Å². The highest BCUT2D eigenvalue weighted by atomic mass is 32.2. The van der Waals surface area contributed by atoms with Crippen molar-refractivity contribution in [1.82, 2.24) is 4.98 Å². The highest BCUT2D eigenvalue weighted by Crippen LogP contribution is 2.36. The molecule has 10 heteroatoms. The summed E-state index contributed by atoms with van der Waals surface area (Å²) in [5.41, 5.74) is 6.43. The minimum Gasteiger partial charge on any atom is -0.454 e. The average Bonchev–Trinajstić information content (AvgIpc) is 2.98. The second-order valence-corrected chi connectivity index (χ2v) is 7.53. The molecule has 146 valence electrons. The lowest BCUT2D eigenvalue weighted by molar-refractivity contribution is 0.1000. The second kappa shape index (κ2) is 7.06. The van der Waals surface area contributed by atoms with E-state index in [0.29, 0.717) is 17.5 Å². The number of primary amides is 1. The first-order chi connectivity index (χ1) is 13.1. The van der Waals surface area contributed by atoms with Gasteiger partial charge in [0.15, 0.2) is 11.6 Å².